The van der Waals surface area contributed by atoms with Crippen molar-refractivity contribution >= 4 is 39.0 Å². The molecule has 138 valence electrons. The van der Waals surface area contributed by atoms with Gasteiger partial charge in [0.05, 0.1) is 18.6 Å². The summed E-state index contributed by atoms with van der Waals surface area (Å²) < 4.78 is 7.37. The van der Waals surface area contributed by atoms with E-state index in [1.54, 1.807) is 18.1 Å². The van der Waals surface area contributed by atoms with Gasteiger partial charge in [-0.15, -0.1) is 11.3 Å². The fourth-order valence-corrected chi connectivity index (χ4v) is 6.14. The molecule has 0 amide bonds. The third-order valence-corrected chi connectivity index (χ3v) is 7.48. The maximum Gasteiger partial charge on any atom is 0.192 e. The van der Waals surface area contributed by atoms with E-state index >= 15 is 0 Å². The molecule has 0 spiro atoms. The minimum atomic E-state index is 0.742. The first-order chi connectivity index (χ1) is 12.8. The van der Waals surface area contributed by atoms with Crippen LogP contribution in [-0.2, 0) is 17.6 Å². The van der Waals surface area contributed by atoms with E-state index in [4.69, 9.17) is 9.72 Å². The number of rotatable bonds is 4. The molecular weight excluding hydrogens is 366 g/mol. The minimum absolute atomic E-state index is 0.742. The van der Waals surface area contributed by atoms with Crippen LogP contribution in [0.3, 0.4) is 0 Å². The van der Waals surface area contributed by atoms with Crippen molar-refractivity contribution in [2.45, 2.75) is 31.3 Å². The minimum Gasteiger partial charge on any atom is -0.379 e. The highest BCUT2D eigenvalue weighted by Crippen LogP contribution is 2.39. The van der Waals surface area contributed by atoms with Crippen LogP contribution in [0.1, 0.15) is 23.8 Å². The molecule has 26 heavy (non-hydrogen) atoms. The van der Waals surface area contributed by atoms with Crippen LogP contribution < -0.4 is 0 Å². The summed E-state index contributed by atoms with van der Waals surface area (Å²) in [5, 5.41) is 6.68. The molecule has 4 heterocycles. The average Bonchev–Trinajstić information content (AvgIpc) is 3.26. The van der Waals surface area contributed by atoms with Crippen LogP contribution in [0, 0.1) is 5.92 Å². The maximum atomic E-state index is 5.43. The lowest BCUT2D eigenvalue weighted by Gasteiger charge is -2.26. The number of fused-ring (bicyclic) bond motifs is 5. The van der Waals surface area contributed by atoms with E-state index in [-0.39, 0.29) is 0 Å². The van der Waals surface area contributed by atoms with E-state index in [1.807, 2.05) is 15.9 Å². The van der Waals surface area contributed by atoms with Crippen LogP contribution in [-0.4, -0.2) is 63.1 Å². The number of hydrogen-bond donors (Lipinski definition) is 0. The number of thioether (sulfide) groups is 1. The van der Waals surface area contributed by atoms with Crippen LogP contribution in [0.5, 0.6) is 0 Å². The Balaban J connectivity index is 1.45. The standard InChI is InChI=1S/C18H23N5OS2/c1-12-2-3-14-13(10-12)15-16-19-11-20-23(16)18(21-17(15)26-14)25-9-6-22-4-7-24-8-5-22/h11-12H,2-10H2,1H3/t12-/m1/s1. The maximum absolute atomic E-state index is 5.43. The molecule has 3 aromatic heterocycles. The van der Waals surface area contributed by atoms with Crippen molar-refractivity contribution < 1.29 is 4.74 Å². The van der Waals surface area contributed by atoms with Gasteiger partial charge in [-0.05, 0) is 30.7 Å². The van der Waals surface area contributed by atoms with E-state index in [2.05, 4.69) is 21.9 Å². The van der Waals surface area contributed by atoms with Gasteiger partial charge in [-0.25, -0.2) is 9.97 Å². The highest BCUT2D eigenvalue weighted by Gasteiger charge is 2.24. The molecule has 6 nitrogen and oxygen atoms in total. The number of aryl methyl sites for hydroxylation is 1. The summed E-state index contributed by atoms with van der Waals surface area (Å²) in [4.78, 5) is 14.7. The SMILES string of the molecule is C[C@@H]1CCc2sc3nc(SCCN4CCOCC4)n4ncnc4c3c2C1. The second kappa shape index (κ2) is 7.07. The summed E-state index contributed by atoms with van der Waals surface area (Å²) in [5.74, 6) is 1.75. The summed E-state index contributed by atoms with van der Waals surface area (Å²) in [6, 6.07) is 0. The zero-order valence-corrected chi connectivity index (χ0v) is 16.6. The molecule has 1 fully saturated rings. The van der Waals surface area contributed by atoms with Gasteiger partial charge in [0.2, 0.25) is 0 Å². The largest absolute Gasteiger partial charge is 0.379 e. The Morgan fingerprint density at radius 3 is 3.12 bits per heavy atom. The van der Waals surface area contributed by atoms with E-state index in [0.29, 0.717) is 0 Å². The Kier molecular flexibility index (Phi) is 4.60. The highest BCUT2D eigenvalue weighted by molar-refractivity contribution is 7.99. The van der Waals surface area contributed by atoms with Gasteiger partial charge in [0, 0.05) is 30.3 Å². The zero-order valence-electron chi connectivity index (χ0n) is 15.0. The van der Waals surface area contributed by atoms with Crippen LogP contribution >= 0.6 is 23.1 Å². The van der Waals surface area contributed by atoms with Gasteiger partial charge in [0.25, 0.3) is 0 Å². The van der Waals surface area contributed by atoms with Crippen molar-refractivity contribution in [3.05, 3.63) is 16.8 Å². The van der Waals surface area contributed by atoms with Crippen LogP contribution in [0.4, 0.5) is 0 Å². The summed E-state index contributed by atoms with van der Waals surface area (Å²) in [6.45, 7) is 7.16. The number of nitrogens with zero attached hydrogens (tertiary/aromatic N) is 5. The van der Waals surface area contributed by atoms with E-state index in [1.165, 1.54) is 28.7 Å². The van der Waals surface area contributed by atoms with Crippen molar-refractivity contribution in [3.8, 4) is 0 Å². The van der Waals surface area contributed by atoms with E-state index in [9.17, 15) is 0 Å². The molecule has 1 aliphatic carbocycles. The van der Waals surface area contributed by atoms with Crippen molar-refractivity contribution in [1.29, 1.82) is 0 Å². The Hall–Kier alpha value is -1.22. The second-order valence-electron chi connectivity index (χ2n) is 7.22. The van der Waals surface area contributed by atoms with Crippen LogP contribution in [0.15, 0.2) is 11.5 Å². The molecule has 3 aromatic rings. The third-order valence-electron chi connectivity index (χ3n) is 5.38. The van der Waals surface area contributed by atoms with Crippen molar-refractivity contribution in [3.63, 3.8) is 0 Å². The molecule has 5 rings (SSSR count). The number of ether oxygens (including phenoxy) is 1. The Morgan fingerprint density at radius 2 is 2.23 bits per heavy atom. The van der Waals surface area contributed by atoms with E-state index in [0.717, 1.165) is 66.6 Å². The molecule has 1 aliphatic heterocycles. The Morgan fingerprint density at radius 1 is 1.35 bits per heavy atom. The quantitative estimate of drug-likeness (QED) is 0.505. The normalized spacial score (nSPS) is 21.5. The van der Waals surface area contributed by atoms with Crippen molar-refractivity contribution in [2.24, 2.45) is 5.92 Å². The van der Waals surface area contributed by atoms with Crippen molar-refractivity contribution in [1.82, 2.24) is 24.5 Å². The zero-order chi connectivity index (χ0) is 17.5. The fourth-order valence-electron chi connectivity index (χ4n) is 3.92. The monoisotopic (exact) mass is 389 g/mol. The molecule has 1 saturated heterocycles. The second-order valence-corrected chi connectivity index (χ2v) is 9.37. The highest BCUT2D eigenvalue weighted by atomic mass is 32.2. The van der Waals surface area contributed by atoms with Gasteiger partial charge in [0.1, 0.15) is 11.2 Å². The first-order valence-corrected chi connectivity index (χ1v) is 11.2. The molecule has 0 radical (unpaired) electrons. The van der Waals surface area contributed by atoms with Gasteiger partial charge in [-0.1, -0.05) is 18.7 Å². The average molecular weight is 390 g/mol. The summed E-state index contributed by atoms with van der Waals surface area (Å²) >= 11 is 3.65. The summed E-state index contributed by atoms with van der Waals surface area (Å²) in [6.07, 6.45) is 5.27. The molecule has 0 unspecified atom stereocenters. The van der Waals surface area contributed by atoms with Gasteiger partial charge in [-0.3, -0.25) is 4.90 Å². The fraction of sp³-hybridized carbons (Fsp3) is 0.611. The van der Waals surface area contributed by atoms with Gasteiger partial charge >= 0.3 is 0 Å². The molecule has 0 aromatic carbocycles. The van der Waals surface area contributed by atoms with Gasteiger partial charge in [0.15, 0.2) is 10.8 Å². The first-order valence-electron chi connectivity index (χ1n) is 9.36. The van der Waals surface area contributed by atoms with Gasteiger partial charge in [-0.2, -0.15) is 9.61 Å². The topological polar surface area (TPSA) is 55.6 Å². The van der Waals surface area contributed by atoms with Crippen LogP contribution in [0.2, 0.25) is 0 Å². The van der Waals surface area contributed by atoms with Gasteiger partial charge < -0.3 is 4.74 Å². The summed E-state index contributed by atoms with van der Waals surface area (Å²) in [5.41, 5.74) is 2.45. The Labute approximate surface area is 160 Å². The Bertz CT molecular complexity index is 931. The molecule has 1 atom stereocenters. The molecular formula is C18H23N5OS2. The molecule has 2 aliphatic rings. The molecule has 0 N–H and O–H groups in total. The molecule has 0 saturated carbocycles. The predicted octanol–water partition coefficient (Wildman–Crippen LogP) is 2.89. The first kappa shape index (κ1) is 16.9. The van der Waals surface area contributed by atoms with Crippen molar-refractivity contribution in [2.75, 3.05) is 38.6 Å². The number of morpholine rings is 1. The predicted molar refractivity (Wildman–Crippen MR) is 105 cm³/mol. The lowest BCUT2D eigenvalue weighted by molar-refractivity contribution is 0.0410. The summed E-state index contributed by atoms with van der Waals surface area (Å²) in [7, 11) is 0. The molecule has 8 heteroatoms. The van der Waals surface area contributed by atoms with Crippen LogP contribution in [0.25, 0.3) is 15.9 Å². The number of aromatic nitrogens is 4. The number of hydrogen-bond acceptors (Lipinski definition) is 7. The third kappa shape index (κ3) is 3.02. The lowest BCUT2D eigenvalue weighted by atomic mass is 9.89. The van der Waals surface area contributed by atoms with E-state index < -0.39 is 0 Å². The molecule has 0 bridgehead atoms. The lowest BCUT2D eigenvalue weighted by Crippen LogP contribution is -2.37. The smallest absolute Gasteiger partial charge is 0.192 e. The number of thiophene rings is 1.